The second-order valence-electron chi connectivity index (χ2n) is 15.2. The Bertz CT molecular complexity index is 2120. The second-order valence-corrected chi connectivity index (χ2v) is 15.2. The lowest BCUT2D eigenvalue weighted by molar-refractivity contribution is -0.136. The third kappa shape index (κ3) is 6.76. The zero-order valence-electron chi connectivity index (χ0n) is 30.8. The van der Waals surface area contributed by atoms with E-state index in [1.54, 1.807) is 31.3 Å². The van der Waals surface area contributed by atoms with Crippen LogP contribution in [0.5, 0.6) is 0 Å². The Hall–Kier alpha value is -5.44. The topological polar surface area (TPSA) is 149 Å². The van der Waals surface area contributed by atoms with E-state index in [2.05, 4.69) is 35.0 Å². The highest BCUT2D eigenvalue weighted by atomic mass is 19.1. The number of carbonyl (C=O) groups excluding carboxylic acids is 4. The Labute approximate surface area is 312 Å². The average molecular weight is 737 g/mol. The van der Waals surface area contributed by atoms with Crippen LogP contribution in [0.4, 0.5) is 21.8 Å². The van der Waals surface area contributed by atoms with E-state index in [1.807, 2.05) is 31.4 Å². The van der Waals surface area contributed by atoms with Gasteiger partial charge in [-0.1, -0.05) is 12.8 Å². The Balaban J connectivity index is 0.879. The number of rotatable bonds is 9. The number of pyridine rings is 1. The number of hydrogen-bond donors (Lipinski definition) is 2. The first-order valence-corrected chi connectivity index (χ1v) is 18.8. The van der Waals surface area contributed by atoms with Crippen molar-refractivity contribution in [1.29, 1.82) is 0 Å². The summed E-state index contributed by atoms with van der Waals surface area (Å²) in [5.41, 5.74) is 3.89. The summed E-state index contributed by atoms with van der Waals surface area (Å²) >= 11 is 0. The van der Waals surface area contributed by atoms with Gasteiger partial charge in [0.15, 0.2) is 0 Å². The van der Waals surface area contributed by atoms with Crippen LogP contribution < -0.4 is 15.5 Å². The normalized spacial score (nSPS) is 19.6. The molecule has 4 amide bonds. The van der Waals surface area contributed by atoms with Crippen LogP contribution in [0.2, 0.25) is 0 Å². The van der Waals surface area contributed by atoms with E-state index in [-0.39, 0.29) is 54.8 Å². The minimum atomic E-state index is -0.732. The van der Waals surface area contributed by atoms with Crippen molar-refractivity contribution in [2.45, 2.75) is 82.6 Å². The molecule has 282 valence electrons. The first-order valence-electron chi connectivity index (χ1n) is 18.8. The first-order chi connectivity index (χ1) is 26.0. The average Bonchev–Trinajstić information content (AvgIpc) is 3.90. The van der Waals surface area contributed by atoms with E-state index < -0.39 is 17.8 Å². The molecular weight excluding hydrogens is 691 g/mol. The highest BCUT2D eigenvalue weighted by molar-refractivity contribution is 6.05. The summed E-state index contributed by atoms with van der Waals surface area (Å²) in [4.78, 5) is 71.7. The largest absolute Gasteiger partial charge is 0.370 e. The molecular formula is C39H45FN10O4. The molecule has 0 spiro atoms. The maximum Gasteiger partial charge on any atom is 0.270 e. The third-order valence-corrected chi connectivity index (χ3v) is 11.4. The van der Waals surface area contributed by atoms with E-state index in [4.69, 9.17) is 4.98 Å². The highest BCUT2D eigenvalue weighted by Crippen LogP contribution is 2.35. The Kier molecular flexibility index (Phi) is 9.50. The summed E-state index contributed by atoms with van der Waals surface area (Å²) in [5, 5.41) is 6.39. The van der Waals surface area contributed by atoms with Gasteiger partial charge in [-0.25, -0.2) is 14.4 Å². The van der Waals surface area contributed by atoms with Crippen LogP contribution >= 0.6 is 0 Å². The molecule has 54 heavy (non-hydrogen) atoms. The lowest BCUT2D eigenvalue weighted by atomic mass is 10.0. The molecule has 1 aliphatic carbocycles. The second kappa shape index (κ2) is 14.4. The van der Waals surface area contributed by atoms with Crippen molar-refractivity contribution in [3.05, 3.63) is 70.9 Å². The van der Waals surface area contributed by atoms with Crippen molar-refractivity contribution in [2.24, 2.45) is 0 Å². The van der Waals surface area contributed by atoms with Crippen LogP contribution in [-0.4, -0.2) is 104 Å². The number of anilines is 3. The van der Waals surface area contributed by atoms with Gasteiger partial charge >= 0.3 is 0 Å². The molecule has 8 rings (SSSR count). The Morgan fingerprint density at radius 2 is 1.76 bits per heavy atom. The lowest BCUT2D eigenvalue weighted by Crippen LogP contribution is -2.52. The predicted octanol–water partition coefficient (Wildman–Crippen LogP) is 4.39. The highest BCUT2D eigenvalue weighted by Gasteiger charge is 2.40. The molecule has 15 heteroatoms. The number of nitrogens with zero attached hydrogens (tertiary/aromatic N) is 8. The summed E-state index contributed by atoms with van der Waals surface area (Å²) in [6, 6.07) is 8.63. The van der Waals surface area contributed by atoms with Crippen LogP contribution in [0, 0.1) is 5.82 Å². The number of aromatic nitrogens is 4. The van der Waals surface area contributed by atoms with E-state index in [0.717, 1.165) is 68.3 Å². The number of piperidine rings is 2. The molecule has 14 nitrogen and oxygen atoms in total. The van der Waals surface area contributed by atoms with Crippen LogP contribution in [0.3, 0.4) is 0 Å². The fraction of sp³-hybridized carbons (Fsp3) is 0.462. The van der Waals surface area contributed by atoms with Crippen LogP contribution in [0.15, 0.2) is 42.7 Å². The van der Waals surface area contributed by atoms with Gasteiger partial charge in [-0.05, 0) is 75.0 Å². The van der Waals surface area contributed by atoms with Gasteiger partial charge < -0.3 is 24.6 Å². The summed E-state index contributed by atoms with van der Waals surface area (Å²) in [5.74, 6) is -0.640. The molecule has 3 aliphatic heterocycles. The van der Waals surface area contributed by atoms with Crippen molar-refractivity contribution in [3.8, 4) is 0 Å². The summed E-state index contributed by atoms with van der Waals surface area (Å²) in [6.45, 7) is 2.24. The van der Waals surface area contributed by atoms with Crippen molar-refractivity contribution in [1.82, 2.24) is 39.5 Å². The van der Waals surface area contributed by atoms with Gasteiger partial charge in [-0.3, -0.25) is 29.4 Å². The van der Waals surface area contributed by atoms with E-state index in [1.165, 1.54) is 11.0 Å². The number of fused-ring (bicyclic) bond motifs is 2. The van der Waals surface area contributed by atoms with Gasteiger partial charge in [0.2, 0.25) is 17.8 Å². The van der Waals surface area contributed by atoms with Crippen molar-refractivity contribution in [2.75, 3.05) is 44.4 Å². The molecule has 2 N–H and O–H groups in total. The SMILES string of the molecule is CN(C)C(=O)c1cc2cnc(Nc3ccc(N4CCC(N(C)Cc5cc6c(cc5F)C(=O)N(C5CCC(=O)NC5=O)C6)CC4)cn3)nc2n1C1CCCC1. The quantitative estimate of drug-likeness (QED) is 0.237. The number of amides is 4. The summed E-state index contributed by atoms with van der Waals surface area (Å²) in [6.07, 6.45) is 10.1. The molecule has 1 saturated carbocycles. The van der Waals surface area contributed by atoms with Gasteiger partial charge in [0.05, 0.1) is 11.9 Å². The van der Waals surface area contributed by atoms with Gasteiger partial charge in [0, 0.05) is 81.5 Å². The maximum atomic E-state index is 15.3. The Morgan fingerprint density at radius 1 is 0.981 bits per heavy atom. The molecule has 0 radical (unpaired) electrons. The predicted molar refractivity (Wildman–Crippen MR) is 200 cm³/mol. The molecule has 1 aromatic carbocycles. The fourth-order valence-corrected chi connectivity index (χ4v) is 8.48. The molecule has 4 aliphatic rings. The number of benzene rings is 1. The molecule has 1 unspecified atom stereocenters. The Morgan fingerprint density at radius 3 is 2.46 bits per heavy atom. The molecule has 2 saturated heterocycles. The number of halogens is 1. The molecule has 6 heterocycles. The number of carbonyl (C=O) groups is 4. The van der Waals surface area contributed by atoms with E-state index in [0.29, 0.717) is 35.1 Å². The van der Waals surface area contributed by atoms with Crippen LogP contribution in [-0.2, 0) is 22.7 Å². The smallest absolute Gasteiger partial charge is 0.270 e. The van der Waals surface area contributed by atoms with Crippen molar-refractivity contribution < 1.29 is 23.6 Å². The van der Waals surface area contributed by atoms with Gasteiger partial charge in [-0.2, -0.15) is 4.98 Å². The fourth-order valence-electron chi connectivity index (χ4n) is 8.48. The molecule has 3 aromatic heterocycles. The number of hydrogen-bond acceptors (Lipinski definition) is 10. The summed E-state index contributed by atoms with van der Waals surface area (Å²) in [7, 11) is 5.53. The zero-order valence-corrected chi connectivity index (χ0v) is 30.8. The monoisotopic (exact) mass is 736 g/mol. The minimum Gasteiger partial charge on any atom is -0.370 e. The van der Waals surface area contributed by atoms with Crippen molar-refractivity contribution in [3.63, 3.8) is 0 Å². The standard InChI is InChI=1S/C39H45FN10O4/c1-46(2)38(54)32-17-23-19-42-39(45-35(23)50(32)27-6-4-5-7-27)43-33-10-8-28(20-41-33)48-14-12-26(13-15-48)47(3)21-25-16-24-22-49(37(53)29(24)18-30(25)40)31-9-11-34(51)44-36(31)52/h8,10,16-20,26-27,31H,4-7,9,11-15,21-22H2,1-3H3,(H,44,51,52)(H,41,42,43,45). The molecule has 4 aromatic rings. The number of nitrogens with one attached hydrogen (secondary N) is 2. The summed E-state index contributed by atoms with van der Waals surface area (Å²) < 4.78 is 17.4. The third-order valence-electron chi connectivity index (χ3n) is 11.4. The van der Waals surface area contributed by atoms with Gasteiger partial charge in [0.1, 0.15) is 29.0 Å². The molecule has 1 atom stereocenters. The molecule has 0 bridgehead atoms. The van der Waals surface area contributed by atoms with Crippen molar-refractivity contribution >= 4 is 52.1 Å². The number of imide groups is 1. The van der Waals surface area contributed by atoms with E-state index in [9.17, 15) is 19.2 Å². The maximum absolute atomic E-state index is 15.3. The zero-order chi connectivity index (χ0) is 37.7. The minimum absolute atomic E-state index is 0.0457. The van der Waals surface area contributed by atoms with Crippen LogP contribution in [0.1, 0.15) is 89.4 Å². The van der Waals surface area contributed by atoms with E-state index >= 15 is 4.39 Å². The lowest BCUT2D eigenvalue weighted by Gasteiger charge is -2.37. The van der Waals surface area contributed by atoms with Crippen LogP contribution in [0.25, 0.3) is 11.0 Å². The van der Waals surface area contributed by atoms with Gasteiger partial charge in [-0.15, -0.1) is 0 Å². The first kappa shape index (κ1) is 35.6. The molecule has 3 fully saturated rings. The van der Waals surface area contributed by atoms with Gasteiger partial charge in [0.25, 0.3) is 11.8 Å².